The maximum absolute atomic E-state index is 11.9. The van der Waals surface area contributed by atoms with Gasteiger partial charge in [0.15, 0.2) is 0 Å². The van der Waals surface area contributed by atoms with Crippen LogP contribution in [-0.2, 0) is 9.53 Å². The van der Waals surface area contributed by atoms with Gasteiger partial charge in [0.1, 0.15) is 6.61 Å². The highest BCUT2D eigenvalue weighted by molar-refractivity contribution is 5.95. The van der Waals surface area contributed by atoms with E-state index in [0.29, 0.717) is 13.0 Å². The van der Waals surface area contributed by atoms with Crippen molar-refractivity contribution in [1.82, 2.24) is 0 Å². The molecular formula is C14H19NO3. The summed E-state index contributed by atoms with van der Waals surface area (Å²) in [4.78, 5) is 13.7. The van der Waals surface area contributed by atoms with Gasteiger partial charge in [0.2, 0.25) is 0 Å². The molecule has 1 atom stereocenters. The quantitative estimate of drug-likeness (QED) is 0.879. The lowest BCUT2D eigenvalue weighted by molar-refractivity contribution is -0.129. The third-order valence-electron chi connectivity index (χ3n) is 3.22. The lowest BCUT2D eigenvalue weighted by atomic mass is 10.1. The zero-order valence-electron chi connectivity index (χ0n) is 10.6. The van der Waals surface area contributed by atoms with Crippen molar-refractivity contribution in [2.45, 2.75) is 25.9 Å². The molecule has 1 amide bonds. The highest BCUT2D eigenvalue weighted by atomic mass is 16.5. The number of para-hydroxylation sites is 1. The fraction of sp³-hybridized carbons (Fsp3) is 0.500. The minimum Gasteiger partial charge on any atom is -0.396 e. The summed E-state index contributed by atoms with van der Waals surface area (Å²) in [5.74, 6) is 0.00421. The van der Waals surface area contributed by atoms with Gasteiger partial charge in [-0.05, 0) is 31.4 Å². The molecular weight excluding hydrogens is 230 g/mol. The third-order valence-corrected chi connectivity index (χ3v) is 3.22. The molecule has 1 aliphatic rings. The van der Waals surface area contributed by atoms with Crippen LogP contribution < -0.4 is 4.90 Å². The second kappa shape index (κ2) is 5.98. The monoisotopic (exact) mass is 249 g/mol. The van der Waals surface area contributed by atoms with Gasteiger partial charge in [0.05, 0.1) is 12.6 Å². The number of amides is 1. The van der Waals surface area contributed by atoms with E-state index in [1.165, 1.54) is 0 Å². The minimum atomic E-state index is 0.00421. The van der Waals surface area contributed by atoms with Crippen LogP contribution in [0.25, 0.3) is 0 Å². The van der Waals surface area contributed by atoms with Gasteiger partial charge in [0, 0.05) is 12.3 Å². The number of aryl methyl sites for hydroxylation is 1. The third kappa shape index (κ3) is 2.89. The molecule has 1 unspecified atom stereocenters. The van der Waals surface area contributed by atoms with E-state index in [2.05, 4.69) is 0 Å². The van der Waals surface area contributed by atoms with Gasteiger partial charge in [-0.1, -0.05) is 18.2 Å². The summed E-state index contributed by atoms with van der Waals surface area (Å²) in [6.45, 7) is 2.87. The second-order valence-corrected chi connectivity index (χ2v) is 4.59. The molecule has 2 rings (SSSR count). The number of rotatable bonds is 4. The van der Waals surface area contributed by atoms with Crippen molar-refractivity contribution in [3.63, 3.8) is 0 Å². The number of hydrogen-bond acceptors (Lipinski definition) is 3. The Labute approximate surface area is 107 Å². The average molecular weight is 249 g/mol. The molecule has 0 saturated carbocycles. The van der Waals surface area contributed by atoms with Crippen LogP contribution in [0.4, 0.5) is 5.69 Å². The summed E-state index contributed by atoms with van der Waals surface area (Å²) in [5, 5.41) is 8.84. The maximum Gasteiger partial charge on any atom is 0.253 e. The molecule has 1 saturated heterocycles. The number of anilines is 1. The van der Waals surface area contributed by atoms with Crippen LogP contribution in [-0.4, -0.2) is 36.9 Å². The molecule has 1 N–H and O–H groups in total. The van der Waals surface area contributed by atoms with Crippen molar-refractivity contribution >= 4 is 11.6 Å². The lowest BCUT2D eigenvalue weighted by Crippen LogP contribution is -2.47. The van der Waals surface area contributed by atoms with Crippen LogP contribution in [0.15, 0.2) is 24.3 Å². The van der Waals surface area contributed by atoms with Gasteiger partial charge in [-0.15, -0.1) is 0 Å². The van der Waals surface area contributed by atoms with Crippen LogP contribution >= 0.6 is 0 Å². The Balaban J connectivity index is 2.10. The van der Waals surface area contributed by atoms with Crippen LogP contribution in [0.2, 0.25) is 0 Å². The van der Waals surface area contributed by atoms with Gasteiger partial charge >= 0.3 is 0 Å². The van der Waals surface area contributed by atoms with Crippen LogP contribution in [0.3, 0.4) is 0 Å². The maximum atomic E-state index is 11.9. The van der Waals surface area contributed by atoms with Gasteiger partial charge in [-0.3, -0.25) is 4.79 Å². The Hall–Kier alpha value is -1.39. The summed E-state index contributed by atoms with van der Waals surface area (Å²) in [7, 11) is 0. The smallest absolute Gasteiger partial charge is 0.253 e. The predicted octanol–water partition coefficient (Wildman–Crippen LogP) is 1.50. The Morgan fingerprint density at radius 1 is 1.44 bits per heavy atom. The van der Waals surface area contributed by atoms with Gasteiger partial charge in [-0.25, -0.2) is 0 Å². The van der Waals surface area contributed by atoms with Gasteiger partial charge in [0.25, 0.3) is 5.91 Å². The number of carbonyl (C=O) groups is 1. The first-order chi connectivity index (χ1) is 8.72. The summed E-state index contributed by atoms with van der Waals surface area (Å²) in [6, 6.07) is 7.86. The Morgan fingerprint density at radius 3 is 2.94 bits per heavy atom. The second-order valence-electron chi connectivity index (χ2n) is 4.59. The number of nitrogens with zero attached hydrogens (tertiary/aromatic N) is 1. The SMILES string of the molecule is Cc1ccccc1N1CC(CCCO)OCC1=O. The van der Waals surface area contributed by atoms with Crippen LogP contribution in [0, 0.1) is 6.92 Å². The Kier molecular flexibility index (Phi) is 4.33. The molecule has 1 aromatic carbocycles. The summed E-state index contributed by atoms with van der Waals surface area (Å²) in [6.07, 6.45) is 1.52. The molecule has 18 heavy (non-hydrogen) atoms. The first kappa shape index (κ1) is 13.1. The van der Waals surface area contributed by atoms with Crippen LogP contribution in [0.1, 0.15) is 18.4 Å². The number of carbonyl (C=O) groups excluding carboxylic acids is 1. The van der Waals surface area contributed by atoms with Crippen molar-refractivity contribution in [2.75, 3.05) is 24.7 Å². The number of hydrogen-bond donors (Lipinski definition) is 1. The molecule has 1 aromatic rings. The number of aliphatic hydroxyl groups excluding tert-OH is 1. The van der Waals surface area contributed by atoms with E-state index in [9.17, 15) is 4.79 Å². The zero-order chi connectivity index (χ0) is 13.0. The molecule has 4 heteroatoms. The number of morpholine rings is 1. The highest BCUT2D eigenvalue weighted by Gasteiger charge is 2.27. The summed E-state index contributed by atoms with van der Waals surface area (Å²) >= 11 is 0. The Morgan fingerprint density at radius 2 is 2.22 bits per heavy atom. The van der Waals surface area contributed by atoms with E-state index in [1.807, 2.05) is 31.2 Å². The number of ether oxygens (including phenoxy) is 1. The largest absolute Gasteiger partial charge is 0.396 e. The fourth-order valence-corrected chi connectivity index (χ4v) is 2.22. The van der Waals surface area contributed by atoms with Crippen molar-refractivity contribution in [1.29, 1.82) is 0 Å². The molecule has 1 fully saturated rings. The molecule has 0 spiro atoms. The molecule has 0 aromatic heterocycles. The highest BCUT2D eigenvalue weighted by Crippen LogP contribution is 2.23. The molecule has 98 valence electrons. The fourth-order valence-electron chi connectivity index (χ4n) is 2.22. The number of benzene rings is 1. The Bertz CT molecular complexity index is 419. The summed E-state index contributed by atoms with van der Waals surface area (Å²) < 4.78 is 5.48. The van der Waals surface area contributed by atoms with Crippen molar-refractivity contribution in [3.8, 4) is 0 Å². The zero-order valence-corrected chi connectivity index (χ0v) is 10.6. The van der Waals surface area contributed by atoms with Crippen molar-refractivity contribution in [3.05, 3.63) is 29.8 Å². The standard InChI is InChI=1S/C14H19NO3/c1-11-5-2-3-7-13(11)15-9-12(6-4-8-16)18-10-14(15)17/h2-3,5,7,12,16H,4,6,8-10H2,1H3. The van der Waals surface area contributed by atoms with Crippen molar-refractivity contribution in [2.24, 2.45) is 0 Å². The molecule has 1 aliphatic heterocycles. The summed E-state index contributed by atoms with van der Waals surface area (Å²) in [5.41, 5.74) is 2.05. The van der Waals surface area contributed by atoms with Crippen molar-refractivity contribution < 1.29 is 14.6 Å². The van der Waals surface area contributed by atoms with Gasteiger partial charge < -0.3 is 14.7 Å². The lowest BCUT2D eigenvalue weighted by Gasteiger charge is -2.33. The molecule has 0 radical (unpaired) electrons. The van der Waals surface area contributed by atoms with Crippen LogP contribution in [0.5, 0.6) is 0 Å². The van der Waals surface area contributed by atoms with Gasteiger partial charge in [-0.2, -0.15) is 0 Å². The molecule has 1 heterocycles. The average Bonchev–Trinajstić information content (AvgIpc) is 2.39. The van der Waals surface area contributed by atoms with E-state index < -0.39 is 0 Å². The number of aliphatic hydroxyl groups is 1. The first-order valence-electron chi connectivity index (χ1n) is 6.31. The molecule has 4 nitrogen and oxygen atoms in total. The van der Waals surface area contributed by atoms with E-state index in [0.717, 1.165) is 17.7 Å². The topological polar surface area (TPSA) is 49.8 Å². The molecule has 0 aliphatic carbocycles. The normalized spacial score (nSPS) is 20.2. The van der Waals surface area contributed by atoms with E-state index in [-0.39, 0.29) is 25.2 Å². The predicted molar refractivity (Wildman–Crippen MR) is 69.6 cm³/mol. The first-order valence-corrected chi connectivity index (χ1v) is 6.31. The van der Waals surface area contributed by atoms with E-state index >= 15 is 0 Å². The van der Waals surface area contributed by atoms with E-state index in [1.54, 1.807) is 4.90 Å². The molecule has 0 bridgehead atoms. The minimum absolute atomic E-state index is 0.00421. The van der Waals surface area contributed by atoms with E-state index in [4.69, 9.17) is 9.84 Å².